The number of amides is 1. The molecule has 3 aromatic rings. The summed E-state index contributed by atoms with van der Waals surface area (Å²) in [5.74, 6) is 0.513. The second-order valence-corrected chi connectivity index (χ2v) is 6.78. The molecule has 6 nitrogen and oxygen atoms in total. The molecule has 1 amide bonds. The topological polar surface area (TPSA) is 56.5 Å². The van der Waals surface area contributed by atoms with Gasteiger partial charge in [-0.3, -0.25) is 9.59 Å². The van der Waals surface area contributed by atoms with Crippen LogP contribution in [0.5, 0.6) is 5.75 Å². The summed E-state index contributed by atoms with van der Waals surface area (Å²) in [5, 5.41) is 0.475. The lowest BCUT2D eigenvalue weighted by Crippen LogP contribution is -2.30. The van der Waals surface area contributed by atoms with E-state index in [1.165, 1.54) is 4.57 Å². The second kappa shape index (κ2) is 5.76. The van der Waals surface area contributed by atoms with E-state index in [1.54, 1.807) is 31.5 Å². The summed E-state index contributed by atoms with van der Waals surface area (Å²) in [7, 11) is 5.18. The number of para-hydroxylation sites is 1. The maximum Gasteiger partial charge on any atom is 0.260 e. The number of hydrogen-bond donors (Lipinski definition) is 0. The zero-order valence-electron chi connectivity index (χ0n) is 15.4. The van der Waals surface area contributed by atoms with E-state index in [0.29, 0.717) is 23.2 Å². The van der Waals surface area contributed by atoms with Gasteiger partial charge in [0.05, 0.1) is 29.3 Å². The summed E-state index contributed by atoms with van der Waals surface area (Å²) in [6, 6.07) is 5.80. The second-order valence-electron chi connectivity index (χ2n) is 6.78. The molecule has 0 spiro atoms. The van der Waals surface area contributed by atoms with E-state index >= 15 is 0 Å². The first-order chi connectivity index (χ1) is 12.4. The average Bonchev–Trinajstić information content (AvgIpc) is 3.20. The highest BCUT2D eigenvalue weighted by atomic mass is 16.5. The smallest absolute Gasteiger partial charge is 0.260 e. The van der Waals surface area contributed by atoms with E-state index < -0.39 is 0 Å². The van der Waals surface area contributed by atoms with Crippen molar-refractivity contribution in [3.63, 3.8) is 0 Å². The van der Waals surface area contributed by atoms with Gasteiger partial charge in [0.2, 0.25) is 0 Å². The molecule has 0 atom stereocenters. The van der Waals surface area contributed by atoms with E-state index in [1.807, 2.05) is 36.7 Å². The zero-order chi connectivity index (χ0) is 18.6. The molecule has 6 heteroatoms. The van der Waals surface area contributed by atoms with Gasteiger partial charge in [0.1, 0.15) is 5.75 Å². The van der Waals surface area contributed by atoms with E-state index in [2.05, 4.69) is 0 Å². The molecule has 134 valence electrons. The first kappa shape index (κ1) is 16.4. The molecular weight excluding hydrogens is 330 g/mol. The largest absolute Gasteiger partial charge is 0.495 e. The summed E-state index contributed by atoms with van der Waals surface area (Å²) in [5.41, 5.74) is 3.93. The van der Waals surface area contributed by atoms with Gasteiger partial charge in [0.25, 0.3) is 11.5 Å². The van der Waals surface area contributed by atoms with Crippen molar-refractivity contribution < 1.29 is 9.53 Å². The van der Waals surface area contributed by atoms with Crippen molar-refractivity contribution in [2.45, 2.75) is 13.3 Å². The lowest BCUT2D eigenvalue weighted by atomic mass is 10.1. The third-order valence-electron chi connectivity index (χ3n) is 5.13. The molecule has 1 aliphatic rings. The fourth-order valence-electron chi connectivity index (χ4n) is 4.00. The molecule has 0 saturated heterocycles. The van der Waals surface area contributed by atoms with Crippen LogP contribution < -0.4 is 15.2 Å². The van der Waals surface area contributed by atoms with E-state index in [-0.39, 0.29) is 11.5 Å². The minimum Gasteiger partial charge on any atom is -0.495 e. The first-order valence-corrected chi connectivity index (χ1v) is 8.57. The Balaban J connectivity index is 1.92. The molecule has 1 aliphatic heterocycles. The molecule has 4 rings (SSSR count). The predicted octanol–water partition coefficient (Wildman–Crippen LogP) is 2.40. The minimum absolute atomic E-state index is 0.158. The van der Waals surface area contributed by atoms with Crippen LogP contribution in [-0.4, -0.2) is 28.7 Å². The van der Waals surface area contributed by atoms with Gasteiger partial charge >= 0.3 is 0 Å². The number of hydrogen-bond acceptors (Lipinski definition) is 3. The first-order valence-electron chi connectivity index (χ1n) is 8.57. The maximum absolute atomic E-state index is 13.4. The quantitative estimate of drug-likeness (QED) is 0.712. The SMILES string of the molecule is COc1cccc2c1N(C(=O)c1cn(C)c3c(C)cn(C)c(=O)c13)CC2. The molecular formula is C20H21N3O3. The number of anilines is 1. The third-order valence-corrected chi connectivity index (χ3v) is 5.13. The van der Waals surface area contributed by atoms with Crippen molar-refractivity contribution in [2.75, 3.05) is 18.6 Å². The van der Waals surface area contributed by atoms with Gasteiger partial charge in [-0.2, -0.15) is 0 Å². The normalized spacial score (nSPS) is 13.3. The average molecular weight is 351 g/mol. The molecule has 0 bridgehead atoms. The molecule has 3 heterocycles. The molecule has 0 saturated carbocycles. The van der Waals surface area contributed by atoms with Crippen molar-refractivity contribution in [1.82, 2.24) is 9.13 Å². The van der Waals surface area contributed by atoms with Crippen molar-refractivity contribution in [1.29, 1.82) is 0 Å². The standard InChI is InChI=1S/C20H21N3O3/c1-12-10-22(3)20(25)16-14(11-21(2)17(12)16)19(24)23-9-8-13-6-5-7-15(26-4)18(13)23/h5-7,10-11H,8-9H2,1-4H3. The fourth-order valence-corrected chi connectivity index (χ4v) is 4.00. The minimum atomic E-state index is -0.165. The summed E-state index contributed by atoms with van der Waals surface area (Å²) in [6.07, 6.45) is 4.34. The number of rotatable bonds is 2. The van der Waals surface area contributed by atoms with Crippen LogP contribution in [0.25, 0.3) is 10.9 Å². The Kier molecular flexibility index (Phi) is 3.64. The van der Waals surface area contributed by atoms with E-state index in [4.69, 9.17) is 4.74 Å². The van der Waals surface area contributed by atoms with Crippen molar-refractivity contribution in [2.24, 2.45) is 14.1 Å². The van der Waals surface area contributed by atoms with E-state index in [9.17, 15) is 9.59 Å². The number of benzene rings is 1. The Bertz CT molecular complexity index is 1110. The lowest BCUT2D eigenvalue weighted by Gasteiger charge is -2.19. The molecule has 26 heavy (non-hydrogen) atoms. The van der Waals surface area contributed by atoms with Gasteiger partial charge < -0.3 is 18.8 Å². The highest BCUT2D eigenvalue weighted by Crippen LogP contribution is 2.38. The van der Waals surface area contributed by atoms with Crippen molar-refractivity contribution in [3.8, 4) is 5.75 Å². The number of carbonyl (C=O) groups is 1. The number of carbonyl (C=O) groups excluding carboxylic acids is 1. The van der Waals surface area contributed by atoms with Gasteiger partial charge in [-0.05, 0) is 30.5 Å². The van der Waals surface area contributed by atoms with Crippen LogP contribution in [0.1, 0.15) is 21.5 Å². The number of methoxy groups -OCH3 is 1. The number of aryl methyl sites for hydroxylation is 3. The van der Waals surface area contributed by atoms with Gasteiger partial charge in [-0.25, -0.2) is 0 Å². The Morgan fingerprint density at radius 3 is 2.65 bits per heavy atom. The Morgan fingerprint density at radius 2 is 1.92 bits per heavy atom. The fraction of sp³-hybridized carbons (Fsp3) is 0.300. The Morgan fingerprint density at radius 1 is 1.15 bits per heavy atom. The lowest BCUT2D eigenvalue weighted by molar-refractivity contribution is 0.0990. The molecule has 0 radical (unpaired) electrons. The van der Waals surface area contributed by atoms with Crippen LogP contribution in [0.2, 0.25) is 0 Å². The van der Waals surface area contributed by atoms with Crippen molar-refractivity contribution >= 4 is 22.5 Å². The monoisotopic (exact) mass is 351 g/mol. The number of pyridine rings is 1. The van der Waals surface area contributed by atoms with Gasteiger partial charge in [-0.1, -0.05) is 12.1 Å². The van der Waals surface area contributed by atoms with Crippen LogP contribution in [0.15, 0.2) is 35.4 Å². The van der Waals surface area contributed by atoms with Crippen LogP contribution in [0.4, 0.5) is 5.69 Å². The molecule has 0 N–H and O–H groups in total. The molecule has 0 fully saturated rings. The Hall–Kier alpha value is -3.02. The van der Waals surface area contributed by atoms with Crippen LogP contribution >= 0.6 is 0 Å². The highest BCUT2D eigenvalue weighted by molar-refractivity contribution is 6.15. The Labute approximate surface area is 151 Å². The number of fused-ring (bicyclic) bond motifs is 2. The molecule has 0 aliphatic carbocycles. The molecule has 0 unspecified atom stereocenters. The third kappa shape index (κ3) is 2.18. The molecule has 2 aromatic heterocycles. The number of nitrogens with zero attached hydrogens (tertiary/aromatic N) is 3. The number of ether oxygens (including phenoxy) is 1. The number of aromatic nitrogens is 2. The summed E-state index contributed by atoms with van der Waals surface area (Å²) < 4.78 is 8.86. The van der Waals surface area contributed by atoms with Crippen LogP contribution in [0.3, 0.4) is 0 Å². The highest BCUT2D eigenvalue weighted by Gasteiger charge is 2.31. The van der Waals surface area contributed by atoms with Gasteiger partial charge in [0.15, 0.2) is 0 Å². The van der Waals surface area contributed by atoms with Crippen LogP contribution in [-0.2, 0) is 20.5 Å². The predicted molar refractivity (Wildman–Crippen MR) is 101 cm³/mol. The zero-order valence-corrected chi connectivity index (χ0v) is 15.4. The van der Waals surface area contributed by atoms with Gasteiger partial charge in [-0.15, -0.1) is 0 Å². The summed E-state index contributed by atoms with van der Waals surface area (Å²) in [4.78, 5) is 27.9. The molecule has 1 aromatic carbocycles. The van der Waals surface area contributed by atoms with E-state index in [0.717, 1.165) is 28.8 Å². The van der Waals surface area contributed by atoms with Crippen molar-refractivity contribution in [3.05, 3.63) is 57.6 Å². The summed E-state index contributed by atoms with van der Waals surface area (Å²) in [6.45, 7) is 2.53. The maximum atomic E-state index is 13.4. The van der Waals surface area contributed by atoms with Gasteiger partial charge in [0, 0.05) is 33.0 Å². The summed E-state index contributed by atoms with van der Waals surface area (Å²) >= 11 is 0. The van der Waals surface area contributed by atoms with Crippen LogP contribution in [0, 0.1) is 6.92 Å².